The molecule has 5 nitrogen and oxygen atoms in total. The van der Waals surface area contributed by atoms with Crippen LogP contribution in [-0.4, -0.2) is 34.7 Å². The molecule has 1 aromatic carbocycles. The third-order valence-electron chi connectivity index (χ3n) is 4.12. The molecule has 1 fully saturated rings. The molecule has 1 aliphatic rings. The highest BCUT2D eigenvalue weighted by molar-refractivity contribution is 5.87. The van der Waals surface area contributed by atoms with Crippen molar-refractivity contribution in [3.05, 3.63) is 35.4 Å². The quantitative estimate of drug-likeness (QED) is 0.747. The van der Waals surface area contributed by atoms with E-state index in [-0.39, 0.29) is 5.92 Å². The van der Waals surface area contributed by atoms with Gasteiger partial charge in [0.05, 0.1) is 11.5 Å². The topological polar surface area (TPSA) is 86.6 Å². The van der Waals surface area contributed by atoms with Crippen molar-refractivity contribution < 1.29 is 19.8 Å². The molecule has 0 heterocycles. The molecule has 1 aromatic rings. The molecule has 0 bridgehead atoms. The molecule has 21 heavy (non-hydrogen) atoms. The second kappa shape index (κ2) is 7.22. The maximum absolute atomic E-state index is 10.9. The van der Waals surface area contributed by atoms with Crippen molar-refractivity contribution in [2.24, 2.45) is 5.92 Å². The molecule has 114 valence electrons. The van der Waals surface area contributed by atoms with Crippen molar-refractivity contribution >= 4 is 11.9 Å². The Balaban J connectivity index is 1.70. The van der Waals surface area contributed by atoms with E-state index < -0.39 is 11.9 Å². The highest BCUT2D eigenvalue weighted by Crippen LogP contribution is 2.24. The van der Waals surface area contributed by atoms with Gasteiger partial charge in [0.25, 0.3) is 0 Å². The minimum Gasteiger partial charge on any atom is -0.481 e. The number of carboxylic acid groups (broad SMARTS) is 2. The number of nitrogens with one attached hydrogen (secondary N) is 1. The molecule has 3 N–H and O–H groups in total. The monoisotopic (exact) mass is 291 g/mol. The maximum atomic E-state index is 10.9. The third-order valence-corrected chi connectivity index (χ3v) is 4.12. The van der Waals surface area contributed by atoms with Gasteiger partial charge in [0.2, 0.25) is 0 Å². The molecule has 1 aliphatic carbocycles. The lowest BCUT2D eigenvalue weighted by Crippen LogP contribution is -2.36. The molecule has 1 saturated carbocycles. The molecule has 5 heteroatoms. The van der Waals surface area contributed by atoms with Crippen LogP contribution in [-0.2, 0) is 11.2 Å². The SMILES string of the molecule is O=C(O)c1ccc(CCNC2CCC(C(=O)O)CC2)cc1. The van der Waals surface area contributed by atoms with E-state index in [0.29, 0.717) is 11.6 Å². The van der Waals surface area contributed by atoms with E-state index in [1.54, 1.807) is 12.1 Å². The first kappa shape index (κ1) is 15.5. The normalized spacial score (nSPS) is 21.9. The third kappa shape index (κ3) is 4.56. The summed E-state index contributed by atoms with van der Waals surface area (Å²) in [4.78, 5) is 21.6. The summed E-state index contributed by atoms with van der Waals surface area (Å²) in [5.74, 6) is -1.76. The molecular formula is C16H21NO4. The molecule has 0 unspecified atom stereocenters. The molecule has 0 spiro atoms. The van der Waals surface area contributed by atoms with Crippen LogP contribution in [0.2, 0.25) is 0 Å². The summed E-state index contributed by atoms with van der Waals surface area (Å²) in [7, 11) is 0. The second-order valence-corrected chi connectivity index (χ2v) is 5.59. The lowest BCUT2D eigenvalue weighted by atomic mass is 9.86. The minimum absolute atomic E-state index is 0.174. The van der Waals surface area contributed by atoms with Gasteiger partial charge in [0.15, 0.2) is 0 Å². The largest absolute Gasteiger partial charge is 0.481 e. The fourth-order valence-corrected chi connectivity index (χ4v) is 2.78. The van der Waals surface area contributed by atoms with Crippen LogP contribution >= 0.6 is 0 Å². The van der Waals surface area contributed by atoms with Crippen LogP contribution in [0.3, 0.4) is 0 Å². The Kier molecular flexibility index (Phi) is 5.33. The van der Waals surface area contributed by atoms with Gasteiger partial charge in [-0.15, -0.1) is 0 Å². The van der Waals surface area contributed by atoms with Crippen molar-refractivity contribution in [2.45, 2.75) is 38.1 Å². The fourth-order valence-electron chi connectivity index (χ4n) is 2.78. The molecule has 0 saturated heterocycles. The van der Waals surface area contributed by atoms with Gasteiger partial charge < -0.3 is 15.5 Å². The van der Waals surface area contributed by atoms with Gasteiger partial charge in [0.1, 0.15) is 0 Å². The molecule has 0 aromatic heterocycles. The van der Waals surface area contributed by atoms with E-state index in [4.69, 9.17) is 10.2 Å². The summed E-state index contributed by atoms with van der Waals surface area (Å²) in [5.41, 5.74) is 1.41. The zero-order chi connectivity index (χ0) is 15.2. The van der Waals surface area contributed by atoms with E-state index in [2.05, 4.69) is 5.32 Å². The van der Waals surface area contributed by atoms with Crippen LogP contribution < -0.4 is 5.32 Å². The van der Waals surface area contributed by atoms with Crippen molar-refractivity contribution in [1.82, 2.24) is 5.32 Å². The molecule has 0 amide bonds. The van der Waals surface area contributed by atoms with Crippen LogP contribution in [0.4, 0.5) is 0 Å². The molecule has 2 rings (SSSR count). The van der Waals surface area contributed by atoms with Crippen LogP contribution in [0.15, 0.2) is 24.3 Å². The van der Waals surface area contributed by atoms with E-state index in [1.165, 1.54) is 0 Å². The number of carboxylic acids is 2. The summed E-state index contributed by atoms with van der Waals surface area (Å²) >= 11 is 0. The number of hydrogen-bond acceptors (Lipinski definition) is 3. The molecule has 0 aliphatic heterocycles. The Bertz CT molecular complexity index is 490. The first-order valence-electron chi connectivity index (χ1n) is 7.34. The van der Waals surface area contributed by atoms with Crippen LogP contribution in [0.1, 0.15) is 41.6 Å². The fraction of sp³-hybridized carbons (Fsp3) is 0.500. The highest BCUT2D eigenvalue weighted by Gasteiger charge is 2.25. The predicted molar refractivity (Wildman–Crippen MR) is 78.5 cm³/mol. The van der Waals surface area contributed by atoms with Crippen molar-refractivity contribution in [3.8, 4) is 0 Å². The van der Waals surface area contributed by atoms with Crippen LogP contribution in [0, 0.1) is 5.92 Å². The summed E-state index contributed by atoms with van der Waals surface area (Å²) in [5, 5.41) is 21.2. The number of aromatic carboxylic acids is 1. The maximum Gasteiger partial charge on any atom is 0.335 e. The van der Waals surface area contributed by atoms with Crippen LogP contribution in [0.5, 0.6) is 0 Å². The lowest BCUT2D eigenvalue weighted by Gasteiger charge is -2.26. The van der Waals surface area contributed by atoms with Gasteiger partial charge in [0, 0.05) is 6.04 Å². The van der Waals surface area contributed by atoms with Gasteiger partial charge >= 0.3 is 11.9 Å². The standard InChI is InChI=1S/C16H21NO4/c18-15(19)12-3-1-11(2-4-12)9-10-17-14-7-5-13(6-8-14)16(20)21/h1-4,13-14,17H,5-10H2,(H,18,19)(H,20,21). The van der Waals surface area contributed by atoms with E-state index in [9.17, 15) is 9.59 Å². The average Bonchev–Trinajstić information content (AvgIpc) is 2.48. The summed E-state index contributed by atoms with van der Waals surface area (Å²) < 4.78 is 0. The number of carbonyl (C=O) groups is 2. The molecule has 0 atom stereocenters. The van der Waals surface area contributed by atoms with E-state index in [0.717, 1.165) is 44.2 Å². The highest BCUT2D eigenvalue weighted by atomic mass is 16.4. The van der Waals surface area contributed by atoms with Crippen molar-refractivity contribution in [2.75, 3.05) is 6.54 Å². The summed E-state index contributed by atoms with van der Waals surface area (Å²) in [6.45, 7) is 0.828. The average molecular weight is 291 g/mol. The van der Waals surface area contributed by atoms with Crippen molar-refractivity contribution in [3.63, 3.8) is 0 Å². The Morgan fingerprint density at radius 3 is 2.19 bits per heavy atom. The first-order valence-corrected chi connectivity index (χ1v) is 7.34. The molecule has 0 radical (unpaired) electrons. The Morgan fingerprint density at radius 2 is 1.67 bits per heavy atom. The first-order chi connectivity index (χ1) is 10.1. The summed E-state index contributed by atoms with van der Waals surface area (Å²) in [6.07, 6.45) is 4.17. The minimum atomic E-state index is -0.908. The second-order valence-electron chi connectivity index (χ2n) is 5.59. The Morgan fingerprint density at radius 1 is 1.05 bits per heavy atom. The van der Waals surface area contributed by atoms with Gasteiger partial charge in [-0.3, -0.25) is 4.79 Å². The smallest absolute Gasteiger partial charge is 0.335 e. The number of hydrogen-bond donors (Lipinski definition) is 3. The Labute approximate surface area is 124 Å². The van der Waals surface area contributed by atoms with Crippen LogP contribution in [0.25, 0.3) is 0 Å². The number of rotatable bonds is 6. The molecular weight excluding hydrogens is 270 g/mol. The lowest BCUT2D eigenvalue weighted by molar-refractivity contribution is -0.142. The Hall–Kier alpha value is -1.88. The van der Waals surface area contributed by atoms with E-state index >= 15 is 0 Å². The zero-order valence-electron chi connectivity index (χ0n) is 11.9. The van der Waals surface area contributed by atoms with E-state index in [1.807, 2.05) is 12.1 Å². The zero-order valence-corrected chi connectivity index (χ0v) is 11.9. The number of benzene rings is 1. The van der Waals surface area contributed by atoms with Crippen molar-refractivity contribution in [1.29, 1.82) is 0 Å². The summed E-state index contributed by atoms with van der Waals surface area (Å²) in [6, 6.07) is 7.32. The predicted octanol–water partition coefficient (Wildman–Crippen LogP) is 2.16. The number of aliphatic carboxylic acids is 1. The van der Waals surface area contributed by atoms with Gasteiger partial charge in [-0.05, 0) is 56.3 Å². The van der Waals surface area contributed by atoms with Gasteiger partial charge in [-0.1, -0.05) is 12.1 Å². The van der Waals surface area contributed by atoms with Gasteiger partial charge in [-0.25, -0.2) is 4.79 Å². The van der Waals surface area contributed by atoms with Gasteiger partial charge in [-0.2, -0.15) is 0 Å².